The Bertz CT molecular complexity index is 180. The minimum Gasteiger partial charge on any atom is -0.227 e. The van der Waals surface area contributed by atoms with Gasteiger partial charge in [-0.1, -0.05) is 72.6 Å². The van der Waals surface area contributed by atoms with Crippen molar-refractivity contribution in [3.63, 3.8) is 0 Å². The summed E-state index contributed by atoms with van der Waals surface area (Å²) in [5.74, 6) is 1.65. The van der Waals surface area contributed by atoms with Gasteiger partial charge in [-0.2, -0.15) is 0 Å². The van der Waals surface area contributed by atoms with Gasteiger partial charge in [0.1, 0.15) is 0 Å². The zero-order chi connectivity index (χ0) is 14.0. The number of halogens is 1. The Hall–Kier alpha value is 0.360. The van der Waals surface area contributed by atoms with Crippen LogP contribution in [-0.2, 0) is 0 Å². The summed E-state index contributed by atoms with van der Waals surface area (Å²) in [4.78, 5) is 0. The molecule has 0 nitrogen and oxygen atoms in total. The molecule has 0 spiro atoms. The van der Waals surface area contributed by atoms with Crippen LogP contribution >= 0.6 is 8.23 Å². The van der Waals surface area contributed by atoms with Gasteiger partial charge in [0.25, 0.3) is 0 Å². The fourth-order valence-corrected chi connectivity index (χ4v) is 3.04. The minimum absolute atomic E-state index is 0.299. The molecule has 2 heteroatoms. The number of hydrogen-bond donors (Lipinski definition) is 0. The van der Waals surface area contributed by atoms with E-state index < -0.39 is 8.23 Å². The Labute approximate surface area is 116 Å². The maximum atomic E-state index is 13.1. The lowest BCUT2D eigenvalue weighted by Gasteiger charge is -2.22. The molecule has 0 rings (SSSR count). The van der Waals surface area contributed by atoms with Crippen molar-refractivity contribution in [1.29, 1.82) is 0 Å². The molecule has 18 heavy (non-hydrogen) atoms. The molecule has 0 amide bonds. The molecule has 0 aliphatic heterocycles. The van der Waals surface area contributed by atoms with Crippen LogP contribution in [0, 0.1) is 11.8 Å². The van der Waals surface area contributed by atoms with E-state index in [0.29, 0.717) is 5.66 Å². The van der Waals surface area contributed by atoms with Crippen LogP contribution in [0.25, 0.3) is 0 Å². The molecule has 3 unspecified atom stereocenters. The van der Waals surface area contributed by atoms with Crippen LogP contribution in [-0.4, -0.2) is 12.3 Å². The average Bonchev–Trinajstić information content (AvgIpc) is 2.31. The zero-order valence-corrected chi connectivity index (χ0v) is 14.1. The van der Waals surface area contributed by atoms with Crippen molar-refractivity contribution in [2.45, 2.75) is 84.7 Å². The van der Waals surface area contributed by atoms with Gasteiger partial charge in [-0.05, 0) is 24.9 Å². The third-order valence-electron chi connectivity index (χ3n) is 4.18. The van der Waals surface area contributed by atoms with E-state index in [1.54, 1.807) is 6.66 Å². The highest BCUT2D eigenvalue weighted by Crippen LogP contribution is 2.41. The second kappa shape index (κ2) is 11.2. The van der Waals surface area contributed by atoms with E-state index in [2.05, 4.69) is 27.7 Å². The fourth-order valence-electron chi connectivity index (χ4n) is 2.50. The Morgan fingerprint density at radius 3 is 2.00 bits per heavy atom. The van der Waals surface area contributed by atoms with Crippen LogP contribution in [0.5, 0.6) is 0 Å². The maximum Gasteiger partial charge on any atom is 0.0810 e. The number of rotatable bonds is 11. The van der Waals surface area contributed by atoms with Crippen molar-refractivity contribution in [1.82, 2.24) is 0 Å². The van der Waals surface area contributed by atoms with Gasteiger partial charge in [-0.15, -0.1) is 0 Å². The lowest BCUT2D eigenvalue weighted by molar-refractivity contribution is 0.315. The first-order valence-corrected chi connectivity index (χ1v) is 9.62. The predicted octanol–water partition coefficient (Wildman–Crippen LogP) is 6.78. The molecule has 110 valence electrons. The summed E-state index contributed by atoms with van der Waals surface area (Å²) in [7, 11) is -1.22. The maximum absolute atomic E-state index is 13.1. The SMILES string of the molecule is CCCCCCC(CCCC(C)P(C)F)C(C)C. The summed E-state index contributed by atoms with van der Waals surface area (Å²) in [6.07, 6.45) is 10.5. The summed E-state index contributed by atoms with van der Waals surface area (Å²) in [6, 6.07) is 0. The molecular formula is C16H34FP. The third-order valence-corrected chi connectivity index (χ3v) is 5.65. The van der Waals surface area contributed by atoms with Gasteiger partial charge in [0.2, 0.25) is 0 Å². The van der Waals surface area contributed by atoms with Crippen molar-refractivity contribution >= 4 is 8.23 Å². The third kappa shape index (κ3) is 9.31. The molecule has 0 saturated heterocycles. The summed E-state index contributed by atoms with van der Waals surface area (Å²) in [5.41, 5.74) is 0.299. The molecular weight excluding hydrogens is 242 g/mol. The van der Waals surface area contributed by atoms with Gasteiger partial charge >= 0.3 is 0 Å². The van der Waals surface area contributed by atoms with E-state index in [1.807, 2.05) is 0 Å². The fraction of sp³-hybridized carbons (Fsp3) is 1.00. The van der Waals surface area contributed by atoms with Crippen molar-refractivity contribution in [2.75, 3.05) is 6.66 Å². The van der Waals surface area contributed by atoms with Crippen molar-refractivity contribution in [3.8, 4) is 0 Å². The predicted molar refractivity (Wildman–Crippen MR) is 84.4 cm³/mol. The lowest BCUT2D eigenvalue weighted by Crippen LogP contribution is -2.10. The quantitative estimate of drug-likeness (QED) is 0.288. The van der Waals surface area contributed by atoms with Gasteiger partial charge < -0.3 is 0 Å². The zero-order valence-electron chi connectivity index (χ0n) is 13.2. The summed E-state index contributed by atoms with van der Waals surface area (Å²) >= 11 is 0. The first-order valence-electron chi connectivity index (χ1n) is 7.87. The van der Waals surface area contributed by atoms with Crippen LogP contribution in [0.15, 0.2) is 0 Å². The van der Waals surface area contributed by atoms with Crippen molar-refractivity contribution in [3.05, 3.63) is 0 Å². The summed E-state index contributed by atoms with van der Waals surface area (Å²) in [6.45, 7) is 10.8. The minimum atomic E-state index is -1.22. The molecule has 0 N–H and O–H groups in total. The van der Waals surface area contributed by atoms with Gasteiger partial charge in [-0.3, -0.25) is 0 Å². The smallest absolute Gasteiger partial charge is 0.0810 e. The molecule has 0 aromatic heterocycles. The molecule has 0 aromatic carbocycles. The van der Waals surface area contributed by atoms with Crippen LogP contribution < -0.4 is 0 Å². The molecule has 0 bridgehead atoms. The second-order valence-corrected chi connectivity index (χ2v) is 8.09. The average molecular weight is 276 g/mol. The number of hydrogen-bond acceptors (Lipinski definition) is 0. The Balaban J connectivity index is 3.76. The second-order valence-electron chi connectivity index (χ2n) is 6.16. The van der Waals surface area contributed by atoms with Gasteiger partial charge in [0, 0.05) is 5.66 Å². The standard InChI is InChI=1S/C16H34FP/c1-6-7-8-9-12-16(14(2)3)13-10-11-15(4)18(5)17/h14-16H,6-13H2,1-5H3. The van der Waals surface area contributed by atoms with E-state index in [0.717, 1.165) is 18.3 Å². The molecule has 0 aliphatic carbocycles. The highest BCUT2D eigenvalue weighted by molar-refractivity contribution is 7.52. The lowest BCUT2D eigenvalue weighted by atomic mass is 9.86. The van der Waals surface area contributed by atoms with Crippen molar-refractivity contribution in [2.24, 2.45) is 11.8 Å². The first kappa shape index (κ1) is 18.4. The van der Waals surface area contributed by atoms with E-state index >= 15 is 0 Å². The molecule has 0 saturated carbocycles. The van der Waals surface area contributed by atoms with Gasteiger partial charge in [0.15, 0.2) is 0 Å². The van der Waals surface area contributed by atoms with E-state index in [-0.39, 0.29) is 0 Å². The molecule has 0 aliphatic rings. The van der Waals surface area contributed by atoms with Crippen LogP contribution in [0.1, 0.15) is 79.1 Å². The van der Waals surface area contributed by atoms with E-state index in [1.165, 1.54) is 44.9 Å². The molecule has 0 fully saturated rings. The van der Waals surface area contributed by atoms with Gasteiger partial charge in [-0.25, -0.2) is 4.20 Å². The van der Waals surface area contributed by atoms with Crippen LogP contribution in [0.4, 0.5) is 4.20 Å². The monoisotopic (exact) mass is 276 g/mol. The van der Waals surface area contributed by atoms with E-state index in [4.69, 9.17) is 0 Å². The highest BCUT2D eigenvalue weighted by atomic mass is 31.2. The number of unbranched alkanes of at least 4 members (excludes halogenated alkanes) is 3. The van der Waals surface area contributed by atoms with Gasteiger partial charge in [0.05, 0.1) is 8.23 Å². The first-order chi connectivity index (χ1) is 8.49. The molecule has 0 aromatic rings. The summed E-state index contributed by atoms with van der Waals surface area (Å²) < 4.78 is 13.1. The largest absolute Gasteiger partial charge is 0.227 e. The van der Waals surface area contributed by atoms with Crippen molar-refractivity contribution < 1.29 is 4.20 Å². The highest BCUT2D eigenvalue weighted by Gasteiger charge is 2.15. The molecule has 0 heterocycles. The Kier molecular flexibility index (Phi) is 11.4. The normalized spacial score (nSPS) is 16.8. The molecule has 3 atom stereocenters. The van der Waals surface area contributed by atoms with E-state index in [9.17, 15) is 4.20 Å². The van der Waals surface area contributed by atoms with Crippen LogP contribution in [0.3, 0.4) is 0 Å². The summed E-state index contributed by atoms with van der Waals surface area (Å²) in [5, 5.41) is 0. The Morgan fingerprint density at radius 1 is 0.889 bits per heavy atom. The Morgan fingerprint density at radius 2 is 1.50 bits per heavy atom. The molecule has 0 radical (unpaired) electrons. The van der Waals surface area contributed by atoms with Crippen LogP contribution in [0.2, 0.25) is 0 Å². The topological polar surface area (TPSA) is 0 Å².